The summed E-state index contributed by atoms with van der Waals surface area (Å²) in [6, 6.07) is 12.6. The van der Waals surface area contributed by atoms with Crippen molar-refractivity contribution in [2.75, 3.05) is 11.9 Å². The highest BCUT2D eigenvalue weighted by molar-refractivity contribution is 6.04. The monoisotopic (exact) mass is 336 g/mol. The summed E-state index contributed by atoms with van der Waals surface area (Å²) in [5.41, 5.74) is 8.29. The number of amidine groups is 1. The number of benzene rings is 2. The first-order chi connectivity index (χ1) is 12.1. The van der Waals surface area contributed by atoms with E-state index in [4.69, 9.17) is 5.73 Å². The van der Waals surface area contributed by atoms with Gasteiger partial charge in [0.2, 0.25) is 0 Å². The molecule has 0 aliphatic carbocycles. The van der Waals surface area contributed by atoms with E-state index >= 15 is 0 Å². The molecule has 3 heterocycles. The zero-order valence-electron chi connectivity index (χ0n) is 13.5. The van der Waals surface area contributed by atoms with Gasteiger partial charge in [0, 0.05) is 30.6 Å². The molecule has 0 saturated carbocycles. The second-order valence-corrected chi connectivity index (χ2v) is 6.87. The summed E-state index contributed by atoms with van der Waals surface area (Å²) >= 11 is 0. The minimum Gasteiger partial charge on any atom is -0.383 e. The first-order valence-corrected chi connectivity index (χ1v) is 8.40. The topological polar surface area (TPSA) is 70.7 Å². The molecule has 5 rings (SSSR count). The third-order valence-corrected chi connectivity index (χ3v) is 5.46. The molecule has 1 fully saturated rings. The van der Waals surface area contributed by atoms with E-state index in [9.17, 15) is 9.18 Å². The lowest BCUT2D eigenvalue weighted by Crippen LogP contribution is -2.51. The SMILES string of the molecule is NC1=N[C@@]2(CCN3C(=O)c4ccccc4C3C2)Nc2cccc(F)c21. The first-order valence-electron chi connectivity index (χ1n) is 8.40. The van der Waals surface area contributed by atoms with E-state index in [1.54, 1.807) is 6.07 Å². The van der Waals surface area contributed by atoms with Gasteiger partial charge in [0.15, 0.2) is 0 Å². The molecule has 1 amide bonds. The fourth-order valence-electron chi connectivity index (χ4n) is 4.32. The molecule has 1 spiro atoms. The summed E-state index contributed by atoms with van der Waals surface area (Å²) in [6.07, 6.45) is 1.26. The van der Waals surface area contributed by atoms with Crippen molar-refractivity contribution >= 4 is 17.4 Å². The van der Waals surface area contributed by atoms with Gasteiger partial charge in [-0.15, -0.1) is 0 Å². The smallest absolute Gasteiger partial charge is 0.254 e. The number of rotatable bonds is 0. The van der Waals surface area contributed by atoms with Crippen LogP contribution >= 0.6 is 0 Å². The number of fused-ring (bicyclic) bond motifs is 4. The first kappa shape index (κ1) is 14.5. The van der Waals surface area contributed by atoms with Gasteiger partial charge in [0.25, 0.3) is 5.91 Å². The average molecular weight is 336 g/mol. The maximum atomic E-state index is 14.1. The second-order valence-electron chi connectivity index (χ2n) is 6.87. The Balaban J connectivity index is 1.56. The summed E-state index contributed by atoms with van der Waals surface area (Å²) in [4.78, 5) is 19.2. The van der Waals surface area contributed by atoms with Crippen LogP contribution in [0.1, 0.15) is 40.4 Å². The standard InChI is InChI=1S/C19H17FN4O/c20-13-6-3-7-14-16(13)17(21)23-19(22-14)8-9-24-15(10-19)11-4-1-2-5-12(11)18(24)25/h1-7,15,22H,8-10H2,(H2,21,23)/t15?,19-/m1/s1. The van der Waals surface area contributed by atoms with Gasteiger partial charge in [0.05, 0.1) is 11.6 Å². The van der Waals surface area contributed by atoms with Gasteiger partial charge in [-0.3, -0.25) is 4.79 Å². The summed E-state index contributed by atoms with van der Waals surface area (Å²) in [5.74, 6) is -0.0764. The third kappa shape index (κ3) is 1.94. The van der Waals surface area contributed by atoms with E-state index in [0.29, 0.717) is 30.6 Å². The molecule has 25 heavy (non-hydrogen) atoms. The molecule has 0 aromatic heterocycles. The predicted molar refractivity (Wildman–Crippen MR) is 92.9 cm³/mol. The quantitative estimate of drug-likeness (QED) is 0.777. The molecule has 1 unspecified atom stereocenters. The van der Waals surface area contributed by atoms with Crippen LogP contribution in [0.5, 0.6) is 0 Å². The number of carbonyl (C=O) groups is 1. The molecule has 2 aromatic carbocycles. The molecule has 5 nitrogen and oxygen atoms in total. The normalized spacial score (nSPS) is 26.6. The van der Waals surface area contributed by atoms with Crippen molar-refractivity contribution in [1.82, 2.24) is 4.90 Å². The Morgan fingerprint density at radius 3 is 2.96 bits per heavy atom. The summed E-state index contributed by atoms with van der Waals surface area (Å²) in [6.45, 7) is 0.590. The number of aliphatic imine (C=N–C) groups is 1. The lowest BCUT2D eigenvalue weighted by molar-refractivity contribution is 0.0606. The Morgan fingerprint density at radius 2 is 2.08 bits per heavy atom. The number of halogens is 1. The Bertz CT molecular complexity index is 941. The summed E-state index contributed by atoms with van der Waals surface area (Å²) in [7, 11) is 0. The van der Waals surface area contributed by atoms with Gasteiger partial charge in [-0.2, -0.15) is 0 Å². The number of nitrogens with one attached hydrogen (secondary N) is 1. The number of nitrogens with zero attached hydrogens (tertiary/aromatic N) is 2. The minimum atomic E-state index is -0.607. The maximum absolute atomic E-state index is 14.1. The molecule has 2 aromatic rings. The van der Waals surface area contributed by atoms with E-state index in [0.717, 1.165) is 11.1 Å². The van der Waals surface area contributed by atoms with Gasteiger partial charge in [0.1, 0.15) is 17.3 Å². The van der Waals surface area contributed by atoms with Gasteiger partial charge < -0.3 is 16.0 Å². The number of carbonyl (C=O) groups excluding carboxylic acids is 1. The van der Waals surface area contributed by atoms with Gasteiger partial charge >= 0.3 is 0 Å². The molecule has 6 heteroatoms. The zero-order valence-corrected chi connectivity index (χ0v) is 13.5. The molecule has 3 aliphatic heterocycles. The Morgan fingerprint density at radius 1 is 1.24 bits per heavy atom. The second kappa shape index (κ2) is 4.81. The van der Waals surface area contributed by atoms with Crippen LogP contribution in [0.3, 0.4) is 0 Å². The minimum absolute atomic E-state index is 0.0309. The fourth-order valence-corrected chi connectivity index (χ4v) is 4.32. The molecular formula is C19H17FN4O. The van der Waals surface area contributed by atoms with Crippen LogP contribution in [0.25, 0.3) is 0 Å². The van der Waals surface area contributed by atoms with Crippen LogP contribution in [0, 0.1) is 5.82 Å². The van der Waals surface area contributed by atoms with Gasteiger partial charge in [-0.05, 0) is 23.8 Å². The highest BCUT2D eigenvalue weighted by atomic mass is 19.1. The lowest BCUT2D eigenvalue weighted by atomic mass is 9.87. The number of piperidine rings is 1. The van der Waals surface area contributed by atoms with Crippen LogP contribution in [-0.2, 0) is 0 Å². The average Bonchev–Trinajstić information content (AvgIpc) is 2.87. The van der Waals surface area contributed by atoms with Crippen LogP contribution in [0.2, 0.25) is 0 Å². The molecule has 126 valence electrons. The summed E-state index contributed by atoms with van der Waals surface area (Å²) in [5, 5.41) is 3.40. The Hall–Kier alpha value is -2.89. The molecule has 1 saturated heterocycles. The highest BCUT2D eigenvalue weighted by Crippen LogP contribution is 2.46. The molecular weight excluding hydrogens is 319 g/mol. The largest absolute Gasteiger partial charge is 0.383 e. The lowest BCUT2D eigenvalue weighted by Gasteiger charge is -2.44. The molecule has 2 atom stereocenters. The van der Waals surface area contributed by atoms with Crippen molar-refractivity contribution < 1.29 is 9.18 Å². The number of amides is 1. The van der Waals surface area contributed by atoms with E-state index in [2.05, 4.69) is 10.3 Å². The summed E-state index contributed by atoms with van der Waals surface area (Å²) < 4.78 is 14.1. The van der Waals surface area contributed by atoms with Crippen molar-refractivity contribution in [3.63, 3.8) is 0 Å². The zero-order chi connectivity index (χ0) is 17.2. The van der Waals surface area contributed by atoms with Crippen LogP contribution < -0.4 is 11.1 Å². The van der Waals surface area contributed by atoms with Crippen molar-refractivity contribution in [3.8, 4) is 0 Å². The Labute approximate surface area is 144 Å². The van der Waals surface area contributed by atoms with Crippen LogP contribution in [0.15, 0.2) is 47.5 Å². The number of nitrogens with two attached hydrogens (primary N) is 1. The highest BCUT2D eigenvalue weighted by Gasteiger charge is 2.48. The van der Waals surface area contributed by atoms with Crippen molar-refractivity contribution in [1.29, 1.82) is 0 Å². The fraction of sp³-hybridized carbons (Fsp3) is 0.263. The van der Waals surface area contributed by atoms with E-state index in [-0.39, 0.29) is 23.6 Å². The molecule has 3 N–H and O–H groups in total. The Kier molecular flexibility index (Phi) is 2.78. The van der Waals surface area contributed by atoms with Crippen LogP contribution in [0.4, 0.5) is 10.1 Å². The van der Waals surface area contributed by atoms with Gasteiger partial charge in [-0.1, -0.05) is 24.3 Å². The van der Waals surface area contributed by atoms with E-state index in [1.165, 1.54) is 6.07 Å². The predicted octanol–water partition coefficient (Wildman–Crippen LogP) is 2.64. The van der Waals surface area contributed by atoms with Gasteiger partial charge in [-0.25, -0.2) is 9.38 Å². The van der Waals surface area contributed by atoms with Crippen LogP contribution in [-0.4, -0.2) is 28.9 Å². The number of anilines is 1. The van der Waals surface area contributed by atoms with Crippen molar-refractivity contribution in [2.45, 2.75) is 24.5 Å². The van der Waals surface area contributed by atoms with E-state index < -0.39 is 5.66 Å². The number of hydrogen-bond acceptors (Lipinski definition) is 4. The maximum Gasteiger partial charge on any atom is 0.254 e. The van der Waals surface area contributed by atoms with Crippen molar-refractivity contribution in [2.24, 2.45) is 10.7 Å². The molecule has 0 bridgehead atoms. The molecule has 0 radical (unpaired) electrons. The van der Waals surface area contributed by atoms with Crippen molar-refractivity contribution in [3.05, 3.63) is 65.0 Å². The number of hydrogen-bond donors (Lipinski definition) is 2. The molecule has 3 aliphatic rings. The third-order valence-electron chi connectivity index (χ3n) is 5.46. The van der Waals surface area contributed by atoms with E-state index in [1.807, 2.05) is 35.2 Å².